The maximum Gasteiger partial charge on any atom is 0.257 e. The van der Waals surface area contributed by atoms with Crippen molar-refractivity contribution in [2.24, 2.45) is 5.92 Å². The molecular formula is C16H26N4O. The van der Waals surface area contributed by atoms with Crippen molar-refractivity contribution in [3.63, 3.8) is 0 Å². The van der Waals surface area contributed by atoms with Crippen molar-refractivity contribution in [1.82, 2.24) is 20.0 Å². The topological polar surface area (TPSA) is 50.2 Å². The molecule has 5 nitrogen and oxygen atoms in total. The van der Waals surface area contributed by atoms with Crippen molar-refractivity contribution in [3.05, 3.63) is 17.5 Å². The number of nitrogens with one attached hydrogen (secondary N) is 1. The molecule has 3 rings (SSSR count). The van der Waals surface area contributed by atoms with E-state index in [4.69, 9.17) is 0 Å². The summed E-state index contributed by atoms with van der Waals surface area (Å²) in [4.78, 5) is 15.1. The van der Waals surface area contributed by atoms with Crippen LogP contribution in [0.2, 0.25) is 0 Å². The Labute approximate surface area is 126 Å². The summed E-state index contributed by atoms with van der Waals surface area (Å²) in [5.74, 6) is 0.712. The van der Waals surface area contributed by atoms with E-state index in [1.807, 2.05) is 11.6 Å². The van der Waals surface area contributed by atoms with Gasteiger partial charge in [0.05, 0.1) is 11.8 Å². The molecule has 2 fully saturated rings. The highest BCUT2D eigenvalue weighted by Crippen LogP contribution is 2.32. The molecule has 116 valence electrons. The molecule has 5 heteroatoms. The third kappa shape index (κ3) is 2.98. The van der Waals surface area contributed by atoms with Crippen molar-refractivity contribution in [1.29, 1.82) is 0 Å². The lowest BCUT2D eigenvalue weighted by Gasteiger charge is -2.28. The Hall–Kier alpha value is -1.36. The van der Waals surface area contributed by atoms with Crippen molar-refractivity contribution in [3.8, 4) is 0 Å². The Morgan fingerprint density at radius 1 is 1.43 bits per heavy atom. The third-order valence-corrected chi connectivity index (χ3v) is 4.47. The average molecular weight is 290 g/mol. The van der Waals surface area contributed by atoms with Gasteiger partial charge in [0.15, 0.2) is 0 Å². The molecule has 1 atom stereocenters. The molecule has 1 aliphatic heterocycles. The number of carbonyl (C=O) groups excluding carboxylic acids is 1. The highest BCUT2D eigenvalue weighted by Gasteiger charge is 2.39. The number of carbonyl (C=O) groups is 1. The lowest BCUT2D eigenvalue weighted by atomic mass is 10.1. The fourth-order valence-electron chi connectivity index (χ4n) is 3.18. The fourth-order valence-corrected chi connectivity index (χ4v) is 3.18. The van der Waals surface area contributed by atoms with Crippen LogP contribution in [0.4, 0.5) is 0 Å². The van der Waals surface area contributed by atoms with Gasteiger partial charge >= 0.3 is 0 Å². The van der Waals surface area contributed by atoms with Crippen LogP contribution in [0.3, 0.4) is 0 Å². The van der Waals surface area contributed by atoms with Crippen LogP contribution in [0.25, 0.3) is 0 Å². The van der Waals surface area contributed by atoms with Gasteiger partial charge in [-0.1, -0.05) is 13.8 Å². The number of nitrogens with zero attached hydrogens (tertiary/aromatic N) is 3. The molecule has 0 bridgehead atoms. The Balaban J connectivity index is 1.81. The molecule has 21 heavy (non-hydrogen) atoms. The Morgan fingerprint density at radius 2 is 2.19 bits per heavy atom. The van der Waals surface area contributed by atoms with Crippen LogP contribution >= 0.6 is 0 Å². The Morgan fingerprint density at radius 3 is 2.76 bits per heavy atom. The van der Waals surface area contributed by atoms with Crippen LogP contribution < -0.4 is 5.32 Å². The van der Waals surface area contributed by atoms with Gasteiger partial charge in [-0.15, -0.1) is 0 Å². The summed E-state index contributed by atoms with van der Waals surface area (Å²) in [6, 6.07) is 0.813. The van der Waals surface area contributed by atoms with E-state index in [0.29, 0.717) is 18.0 Å². The molecule has 1 aromatic rings. The zero-order valence-electron chi connectivity index (χ0n) is 13.3. The molecule has 2 aliphatic rings. The fraction of sp³-hybridized carbons (Fsp3) is 0.750. The molecule has 1 aliphatic carbocycles. The van der Waals surface area contributed by atoms with E-state index in [1.165, 1.54) is 0 Å². The molecule has 1 saturated heterocycles. The number of hydrogen-bond acceptors (Lipinski definition) is 3. The van der Waals surface area contributed by atoms with E-state index in [0.717, 1.165) is 50.2 Å². The third-order valence-electron chi connectivity index (χ3n) is 4.47. The standard InChI is InChI=1S/C16H26N4O/c1-11(2)10-19-12(3)15(9-18-19)16(21)20(13-4-5-13)14-6-7-17-8-14/h9,11,13-14,17H,4-8,10H2,1-3H3. The van der Waals surface area contributed by atoms with E-state index in [2.05, 4.69) is 29.2 Å². The first-order valence-electron chi connectivity index (χ1n) is 8.13. The van der Waals surface area contributed by atoms with Gasteiger partial charge in [-0.3, -0.25) is 9.48 Å². The first-order chi connectivity index (χ1) is 10.1. The van der Waals surface area contributed by atoms with Gasteiger partial charge in [0.2, 0.25) is 0 Å². The van der Waals surface area contributed by atoms with Crippen LogP contribution in [0.1, 0.15) is 49.2 Å². The van der Waals surface area contributed by atoms with Gasteiger partial charge in [0.1, 0.15) is 0 Å². The van der Waals surface area contributed by atoms with Gasteiger partial charge in [0, 0.05) is 30.9 Å². The van der Waals surface area contributed by atoms with Crippen LogP contribution in [-0.4, -0.2) is 45.8 Å². The smallest absolute Gasteiger partial charge is 0.257 e. The molecule has 2 heterocycles. The van der Waals surface area contributed by atoms with Crippen molar-refractivity contribution < 1.29 is 4.79 Å². The number of amides is 1. The second-order valence-electron chi connectivity index (χ2n) is 6.81. The van der Waals surface area contributed by atoms with Gasteiger partial charge in [-0.25, -0.2) is 0 Å². The summed E-state index contributed by atoms with van der Waals surface area (Å²) in [7, 11) is 0. The van der Waals surface area contributed by atoms with Crippen molar-refractivity contribution >= 4 is 5.91 Å². The minimum atomic E-state index is 0.179. The average Bonchev–Trinajstić information content (AvgIpc) is 2.98. The molecule has 1 aromatic heterocycles. The molecule has 1 N–H and O–H groups in total. The molecule has 1 unspecified atom stereocenters. The van der Waals surface area contributed by atoms with Gasteiger partial charge in [-0.05, 0) is 38.6 Å². The highest BCUT2D eigenvalue weighted by molar-refractivity contribution is 5.95. The van der Waals surface area contributed by atoms with Gasteiger partial charge < -0.3 is 10.2 Å². The van der Waals surface area contributed by atoms with Gasteiger partial charge in [-0.2, -0.15) is 5.10 Å². The van der Waals surface area contributed by atoms with Crippen LogP contribution in [0.5, 0.6) is 0 Å². The lowest BCUT2D eigenvalue weighted by Crippen LogP contribution is -2.43. The molecule has 1 saturated carbocycles. The number of aromatic nitrogens is 2. The lowest BCUT2D eigenvalue weighted by molar-refractivity contribution is 0.0674. The first kappa shape index (κ1) is 14.6. The summed E-state index contributed by atoms with van der Waals surface area (Å²) in [5.41, 5.74) is 1.79. The van der Waals surface area contributed by atoms with Crippen LogP contribution in [-0.2, 0) is 6.54 Å². The number of rotatable bonds is 5. The summed E-state index contributed by atoms with van der Waals surface area (Å²) in [5, 5.41) is 7.79. The molecule has 0 radical (unpaired) electrons. The maximum absolute atomic E-state index is 13.0. The highest BCUT2D eigenvalue weighted by atomic mass is 16.2. The zero-order chi connectivity index (χ0) is 15.0. The summed E-state index contributed by atoms with van der Waals surface area (Å²) >= 11 is 0. The monoisotopic (exact) mass is 290 g/mol. The minimum absolute atomic E-state index is 0.179. The minimum Gasteiger partial charge on any atom is -0.331 e. The second-order valence-corrected chi connectivity index (χ2v) is 6.81. The van der Waals surface area contributed by atoms with Crippen molar-refractivity contribution in [2.45, 2.75) is 58.7 Å². The van der Waals surface area contributed by atoms with E-state index in [1.54, 1.807) is 6.20 Å². The Bertz CT molecular complexity index is 512. The Kier molecular flexibility index (Phi) is 4.02. The quantitative estimate of drug-likeness (QED) is 0.900. The first-order valence-corrected chi connectivity index (χ1v) is 8.13. The maximum atomic E-state index is 13.0. The SMILES string of the molecule is Cc1c(C(=O)N(C2CC2)C2CCNC2)cnn1CC(C)C. The summed E-state index contributed by atoms with van der Waals surface area (Å²) in [6.07, 6.45) is 5.14. The summed E-state index contributed by atoms with van der Waals surface area (Å²) < 4.78 is 1.97. The molecule has 1 amide bonds. The zero-order valence-corrected chi connectivity index (χ0v) is 13.3. The van der Waals surface area contributed by atoms with Gasteiger partial charge in [0.25, 0.3) is 5.91 Å². The second kappa shape index (κ2) is 5.79. The van der Waals surface area contributed by atoms with Crippen LogP contribution in [0.15, 0.2) is 6.20 Å². The molecular weight excluding hydrogens is 264 g/mol. The van der Waals surface area contributed by atoms with Crippen molar-refractivity contribution in [2.75, 3.05) is 13.1 Å². The van der Waals surface area contributed by atoms with E-state index < -0.39 is 0 Å². The van der Waals surface area contributed by atoms with E-state index in [9.17, 15) is 4.79 Å². The number of hydrogen-bond donors (Lipinski definition) is 1. The predicted molar refractivity (Wildman–Crippen MR) is 82.3 cm³/mol. The normalized spacial score (nSPS) is 22.0. The predicted octanol–water partition coefficient (Wildman–Crippen LogP) is 1.81. The van der Waals surface area contributed by atoms with E-state index >= 15 is 0 Å². The largest absolute Gasteiger partial charge is 0.331 e. The summed E-state index contributed by atoms with van der Waals surface area (Å²) in [6.45, 7) is 9.18. The van der Waals surface area contributed by atoms with E-state index in [-0.39, 0.29) is 5.91 Å². The molecule has 0 spiro atoms. The van der Waals surface area contributed by atoms with Crippen LogP contribution in [0, 0.1) is 12.8 Å². The molecule has 0 aromatic carbocycles.